The summed E-state index contributed by atoms with van der Waals surface area (Å²) in [5.41, 5.74) is 1.69. The number of Topliss-reactive ketones (excluding diaryl/α,β-unsaturated/α-hetero) is 1. The summed E-state index contributed by atoms with van der Waals surface area (Å²) in [6, 6.07) is 8.44. The lowest BCUT2D eigenvalue weighted by atomic mass is 9.54. The van der Waals surface area contributed by atoms with Crippen molar-refractivity contribution in [2.24, 2.45) is 23.7 Å². The number of nitrogens with one attached hydrogen (secondary N) is 1. The van der Waals surface area contributed by atoms with E-state index in [1.165, 1.54) is 32.1 Å². The van der Waals surface area contributed by atoms with E-state index >= 15 is 0 Å². The highest BCUT2D eigenvalue weighted by molar-refractivity contribution is 7.80. The molecule has 0 amide bonds. The van der Waals surface area contributed by atoms with Gasteiger partial charge in [-0.25, -0.2) is 0 Å². The third kappa shape index (κ3) is 3.48. The van der Waals surface area contributed by atoms with Crippen LogP contribution < -0.4 is 5.32 Å². The van der Waals surface area contributed by atoms with Gasteiger partial charge in [0.05, 0.1) is 0 Å². The first-order valence-electron chi connectivity index (χ1n) is 11.0. The van der Waals surface area contributed by atoms with Gasteiger partial charge in [-0.05, 0) is 99.2 Å². The molecule has 0 atom stereocenters. The molecule has 4 nitrogen and oxygen atoms in total. The highest BCUT2D eigenvalue weighted by Crippen LogP contribution is 2.55. The predicted molar refractivity (Wildman–Crippen MR) is 117 cm³/mol. The maximum absolute atomic E-state index is 11.4. The second-order valence-electron chi connectivity index (χ2n) is 9.51. The number of rotatable bonds is 3. The van der Waals surface area contributed by atoms with Crippen LogP contribution in [-0.2, 0) is 0 Å². The summed E-state index contributed by atoms with van der Waals surface area (Å²) in [7, 11) is 0. The van der Waals surface area contributed by atoms with Crippen molar-refractivity contribution in [2.45, 2.75) is 45.1 Å². The molecule has 1 heterocycles. The summed E-state index contributed by atoms with van der Waals surface area (Å²) in [4.78, 5) is 16.5. The number of hydrogen-bond donors (Lipinski definition) is 1. The minimum Gasteiger partial charge on any atom is -0.346 e. The number of ketones is 1. The average Bonchev–Trinajstić information content (AvgIpc) is 2.68. The normalized spacial score (nSPS) is 34.5. The number of benzene rings is 1. The van der Waals surface area contributed by atoms with Crippen molar-refractivity contribution < 1.29 is 4.79 Å². The van der Waals surface area contributed by atoms with E-state index in [0.29, 0.717) is 0 Å². The van der Waals surface area contributed by atoms with Crippen molar-refractivity contribution in [1.29, 1.82) is 0 Å². The highest BCUT2D eigenvalue weighted by atomic mass is 32.1. The molecule has 4 saturated carbocycles. The van der Waals surface area contributed by atoms with Gasteiger partial charge in [0, 0.05) is 43.5 Å². The van der Waals surface area contributed by atoms with Gasteiger partial charge in [-0.2, -0.15) is 0 Å². The van der Waals surface area contributed by atoms with Crippen molar-refractivity contribution in [3.63, 3.8) is 0 Å². The van der Waals surface area contributed by atoms with Crippen molar-refractivity contribution >= 4 is 28.8 Å². The van der Waals surface area contributed by atoms with E-state index < -0.39 is 0 Å². The zero-order valence-electron chi connectivity index (χ0n) is 16.8. The molecule has 5 fully saturated rings. The van der Waals surface area contributed by atoms with Crippen LogP contribution >= 0.6 is 12.2 Å². The molecule has 5 heteroatoms. The fourth-order valence-corrected chi connectivity index (χ4v) is 7.01. The smallest absolute Gasteiger partial charge is 0.173 e. The number of piperazine rings is 1. The first kappa shape index (κ1) is 18.6. The molecular weight excluding hydrogens is 366 g/mol. The Morgan fingerprint density at radius 1 is 0.929 bits per heavy atom. The number of carbonyl (C=O) groups excluding carboxylic acids is 1. The Kier molecular flexibility index (Phi) is 4.92. The topological polar surface area (TPSA) is 35.6 Å². The fourth-order valence-electron chi connectivity index (χ4n) is 6.71. The average molecular weight is 398 g/mol. The van der Waals surface area contributed by atoms with Crippen LogP contribution in [0.4, 0.5) is 5.69 Å². The molecule has 0 aromatic heterocycles. The van der Waals surface area contributed by atoms with Gasteiger partial charge in [-0.3, -0.25) is 9.69 Å². The quantitative estimate of drug-likeness (QED) is 0.615. The van der Waals surface area contributed by atoms with Gasteiger partial charge in [-0.1, -0.05) is 0 Å². The van der Waals surface area contributed by atoms with Crippen molar-refractivity contribution in [3.8, 4) is 0 Å². The molecule has 1 N–H and O–H groups in total. The number of nitrogens with zero attached hydrogens (tertiary/aromatic N) is 2. The summed E-state index contributed by atoms with van der Waals surface area (Å²) in [5, 5.41) is 4.16. The lowest BCUT2D eigenvalue weighted by molar-refractivity contribution is -0.0726. The molecule has 0 unspecified atom stereocenters. The Hall–Kier alpha value is -1.46. The Morgan fingerprint density at radius 3 is 2.04 bits per heavy atom. The molecule has 4 bridgehead atoms. The van der Waals surface area contributed by atoms with Crippen LogP contribution in [0, 0.1) is 23.7 Å². The van der Waals surface area contributed by atoms with Crippen LogP contribution in [0.3, 0.4) is 0 Å². The van der Waals surface area contributed by atoms with Crippen LogP contribution in [0.15, 0.2) is 24.3 Å². The third-order valence-corrected chi connectivity index (χ3v) is 8.10. The molecule has 1 aliphatic heterocycles. The first-order valence-corrected chi connectivity index (χ1v) is 11.4. The number of thiocarbonyl (C=S) groups is 1. The minimum atomic E-state index is 0.0926. The van der Waals surface area contributed by atoms with E-state index in [1.807, 2.05) is 24.3 Å². The molecular formula is C23H31N3OS. The predicted octanol–water partition coefficient (Wildman–Crippen LogP) is 4.03. The maximum atomic E-state index is 11.4. The van der Waals surface area contributed by atoms with Crippen molar-refractivity contribution in [1.82, 2.24) is 9.80 Å². The van der Waals surface area contributed by atoms with Crippen molar-refractivity contribution in [3.05, 3.63) is 29.8 Å². The van der Waals surface area contributed by atoms with E-state index in [1.54, 1.807) is 6.92 Å². The van der Waals surface area contributed by atoms with Gasteiger partial charge in [0.25, 0.3) is 0 Å². The summed E-state index contributed by atoms with van der Waals surface area (Å²) in [6.07, 6.45) is 7.51. The van der Waals surface area contributed by atoms with E-state index in [4.69, 9.17) is 12.2 Å². The number of hydrogen-bond acceptors (Lipinski definition) is 3. The van der Waals surface area contributed by atoms with Gasteiger partial charge in [0.15, 0.2) is 10.9 Å². The molecule has 6 rings (SSSR count). The highest BCUT2D eigenvalue weighted by Gasteiger charge is 2.50. The van der Waals surface area contributed by atoms with E-state index in [0.717, 1.165) is 72.3 Å². The molecule has 0 spiro atoms. The number of carbonyl (C=O) groups is 1. The Labute approximate surface area is 173 Å². The van der Waals surface area contributed by atoms with Gasteiger partial charge in [0.1, 0.15) is 0 Å². The van der Waals surface area contributed by atoms with Crippen LogP contribution in [0.1, 0.15) is 49.4 Å². The molecule has 150 valence electrons. The lowest BCUT2D eigenvalue weighted by Crippen LogP contribution is -2.60. The maximum Gasteiger partial charge on any atom is 0.173 e. The molecule has 1 aromatic carbocycles. The van der Waals surface area contributed by atoms with Crippen LogP contribution in [0.5, 0.6) is 0 Å². The van der Waals surface area contributed by atoms with Crippen LogP contribution in [0.2, 0.25) is 0 Å². The summed E-state index contributed by atoms with van der Waals surface area (Å²) in [6.45, 7) is 5.90. The zero-order chi connectivity index (χ0) is 19.3. The van der Waals surface area contributed by atoms with E-state index in [-0.39, 0.29) is 5.78 Å². The van der Waals surface area contributed by atoms with E-state index in [2.05, 4.69) is 15.1 Å². The zero-order valence-corrected chi connectivity index (χ0v) is 17.6. The Bertz CT molecular complexity index is 726. The molecule has 1 aromatic rings. The van der Waals surface area contributed by atoms with Crippen LogP contribution in [-0.4, -0.2) is 52.9 Å². The SMILES string of the molecule is CC(=O)c1ccc(NC(=S)N2CCN(C3C4CC5CC(C4)CC3C5)CC2)cc1. The third-order valence-electron chi connectivity index (χ3n) is 7.74. The Balaban J connectivity index is 1.16. The number of anilines is 1. The molecule has 1 saturated heterocycles. The molecule has 4 aliphatic carbocycles. The summed E-state index contributed by atoms with van der Waals surface area (Å²) in [5.74, 6) is 4.12. The summed E-state index contributed by atoms with van der Waals surface area (Å²) >= 11 is 5.67. The molecule has 5 aliphatic rings. The van der Waals surface area contributed by atoms with Gasteiger partial charge < -0.3 is 10.2 Å². The largest absolute Gasteiger partial charge is 0.346 e. The van der Waals surface area contributed by atoms with Crippen molar-refractivity contribution in [2.75, 3.05) is 31.5 Å². The standard InChI is InChI=1S/C23H31N3OS/c1-15(27)18-2-4-21(5-3-18)24-23(28)26-8-6-25(7-9-26)22-19-11-16-10-17(13-19)14-20(22)12-16/h2-5,16-17,19-20,22H,6-14H2,1H3,(H,24,28). The van der Waals surface area contributed by atoms with Gasteiger partial charge in [-0.15, -0.1) is 0 Å². The van der Waals surface area contributed by atoms with E-state index in [9.17, 15) is 4.79 Å². The monoisotopic (exact) mass is 397 g/mol. The van der Waals surface area contributed by atoms with Crippen LogP contribution in [0.25, 0.3) is 0 Å². The second-order valence-corrected chi connectivity index (χ2v) is 9.89. The minimum absolute atomic E-state index is 0.0926. The molecule has 28 heavy (non-hydrogen) atoms. The second kappa shape index (κ2) is 7.42. The lowest BCUT2D eigenvalue weighted by Gasteiger charge is -2.58. The van der Waals surface area contributed by atoms with Gasteiger partial charge in [0.2, 0.25) is 0 Å². The first-order chi connectivity index (χ1) is 13.6. The summed E-state index contributed by atoms with van der Waals surface area (Å²) < 4.78 is 0. The molecule has 0 radical (unpaired) electrons. The fraction of sp³-hybridized carbons (Fsp3) is 0.652. The van der Waals surface area contributed by atoms with Gasteiger partial charge >= 0.3 is 0 Å². The Morgan fingerprint density at radius 2 is 1.50 bits per heavy atom.